The fourth-order valence-corrected chi connectivity index (χ4v) is 2.80. The van der Waals surface area contributed by atoms with Crippen LogP contribution in [-0.2, 0) is 6.42 Å². The first-order valence-corrected chi connectivity index (χ1v) is 9.07. The van der Waals surface area contributed by atoms with Crippen molar-refractivity contribution >= 4 is 39.2 Å². The molecule has 2 aromatic carbocycles. The van der Waals surface area contributed by atoms with Crippen LogP contribution in [0.1, 0.15) is 22.3 Å². The number of carbonyl (C=O) groups excluding carboxylic acids is 1. The van der Waals surface area contributed by atoms with Gasteiger partial charge in [0.25, 0.3) is 5.91 Å². The maximum absolute atomic E-state index is 12.3. The Labute approximate surface area is 161 Å². The number of nitrogens with one attached hydrogen (secondary N) is 1. The van der Waals surface area contributed by atoms with E-state index in [2.05, 4.69) is 27.3 Å². The van der Waals surface area contributed by atoms with Gasteiger partial charge in [0.1, 0.15) is 0 Å². The van der Waals surface area contributed by atoms with Crippen molar-refractivity contribution in [3.63, 3.8) is 0 Å². The zero-order valence-corrected chi connectivity index (χ0v) is 16.0. The highest BCUT2D eigenvalue weighted by Crippen LogP contribution is 2.10. The van der Waals surface area contributed by atoms with Gasteiger partial charge in [0.15, 0.2) is 5.11 Å². The molecule has 0 saturated carbocycles. The average molecular weight is 416 g/mol. The molecular weight excluding hydrogens is 398 g/mol. The number of thiocarbonyl (C=S) groups is 1. The van der Waals surface area contributed by atoms with E-state index in [0.29, 0.717) is 30.2 Å². The van der Waals surface area contributed by atoms with Crippen LogP contribution in [0.25, 0.3) is 0 Å². The molecule has 2 aromatic rings. The van der Waals surface area contributed by atoms with E-state index in [4.69, 9.17) is 17.5 Å². The lowest BCUT2D eigenvalue weighted by atomic mass is 10.1. The normalized spacial score (nSPS) is 9.92. The SMILES string of the molecule is N#CCCN(CCc1ccccc1)C(=S)NC(=O)c1ccc(Br)cc1. The van der Waals surface area contributed by atoms with Gasteiger partial charge in [0, 0.05) is 23.1 Å². The number of nitrogens with zero attached hydrogens (tertiary/aromatic N) is 2. The number of nitriles is 1. The highest BCUT2D eigenvalue weighted by molar-refractivity contribution is 9.10. The molecular formula is C19H18BrN3OS. The van der Waals surface area contributed by atoms with E-state index in [0.717, 1.165) is 10.9 Å². The molecule has 0 heterocycles. The van der Waals surface area contributed by atoms with Gasteiger partial charge in [-0.2, -0.15) is 5.26 Å². The number of hydrogen-bond acceptors (Lipinski definition) is 3. The van der Waals surface area contributed by atoms with Crippen molar-refractivity contribution in [2.75, 3.05) is 13.1 Å². The summed E-state index contributed by atoms with van der Waals surface area (Å²) >= 11 is 8.72. The molecule has 0 unspecified atom stereocenters. The first-order chi connectivity index (χ1) is 12.1. The molecule has 1 amide bonds. The minimum Gasteiger partial charge on any atom is -0.348 e. The van der Waals surface area contributed by atoms with Gasteiger partial charge in [-0.15, -0.1) is 0 Å². The molecule has 25 heavy (non-hydrogen) atoms. The Morgan fingerprint density at radius 1 is 1.12 bits per heavy atom. The third kappa shape index (κ3) is 6.29. The average Bonchev–Trinajstić information content (AvgIpc) is 2.63. The minimum atomic E-state index is -0.251. The Morgan fingerprint density at radius 2 is 1.80 bits per heavy atom. The van der Waals surface area contributed by atoms with Crippen molar-refractivity contribution in [2.24, 2.45) is 0 Å². The monoisotopic (exact) mass is 415 g/mol. The second-order valence-corrected chi connectivity index (χ2v) is 6.70. The Balaban J connectivity index is 1.98. The van der Waals surface area contributed by atoms with Crippen LogP contribution in [0, 0.1) is 11.3 Å². The van der Waals surface area contributed by atoms with Gasteiger partial charge in [0.05, 0.1) is 12.5 Å². The summed E-state index contributed by atoms with van der Waals surface area (Å²) in [5.74, 6) is -0.251. The highest BCUT2D eigenvalue weighted by atomic mass is 79.9. The summed E-state index contributed by atoms with van der Waals surface area (Å²) in [6.45, 7) is 1.13. The predicted molar refractivity (Wildman–Crippen MR) is 106 cm³/mol. The quantitative estimate of drug-likeness (QED) is 0.726. The van der Waals surface area contributed by atoms with Crippen LogP contribution < -0.4 is 5.32 Å². The molecule has 0 saturated heterocycles. The molecule has 6 heteroatoms. The van der Waals surface area contributed by atoms with Crippen molar-refractivity contribution < 1.29 is 4.79 Å². The smallest absolute Gasteiger partial charge is 0.257 e. The molecule has 0 bridgehead atoms. The summed E-state index contributed by atoms with van der Waals surface area (Å²) in [5, 5.41) is 12.0. The second-order valence-electron chi connectivity index (χ2n) is 5.40. The summed E-state index contributed by atoms with van der Waals surface area (Å²) in [5.41, 5.74) is 1.72. The Kier molecular flexibility index (Phi) is 7.58. The molecule has 0 radical (unpaired) electrons. The highest BCUT2D eigenvalue weighted by Gasteiger charge is 2.14. The predicted octanol–water partition coefficient (Wildman–Crippen LogP) is 3.92. The van der Waals surface area contributed by atoms with E-state index in [9.17, 15) is 4.79 Å². The number of rotatable bonds is 6. The lowest BCUT2D eigenvalue weighted by Crippen LogP contribution is -2.44. The van der Waals surface area contributed by atoms with Crippen molar-refractivity contribution in [2.45, 2.75) is 12.8 Å². The van der Waals surface area contributed by atoms with E-state index in [1.807, 2.05) is 35.2 Å². The Hall–Kier alpha value is -2.23. The van der Waals surface area contributed by atoms with Crippen LogP contribution in [0.3, 0.4) is 0 Å². The summed E-state index contributed by atoms with van der Waals surface area (Å²) in [6, 6.07) is 19.2. The third-order valence-corrected chi connectivity index (χ3v) is 4.51. The topological polar surface area (TPSA) is 56.1 Å². The zero-order chi connectivity index (χ0) is 18.1. The Bertz CT molecular complexity index is 756. The molecule has 0 aliphatic carbocycles. The molecule has 128 valence electrons. The molecule has 0 aliphatic heterocycles. The zero-order valence-electron chi connectivity index (χ0n) is 13.6. The number of benzene rings is 2. The molecule has 0 spiro atoms. The molecule has 0 aliphatic rings. The van der Waals surface area contributed by atoms with E-state index in [1.165, 1.54) is 5.56 Å². The summed E-state index contributed by atoms with van der Waals surface area (Å²) in [4.78, 5) is 14.2. The third-order valence-electron chi connectivity index (χ3n) is 3.62. The first kappa shape index (κ1) is 19.1. The van der Waals surface area contributed by atoms with Crippen LogP contribution in [0.2, 0.25) is 0 Å². The van der Waals surface area contributed by atoms with Gasteiger partial charge >= 0.3 is 0 Å². The van der Waals surface area contributed by atoms with Crippen molar-refractivity contribution in [1.82, 2.24) is 10.2 Å². The lowest BCUT2D eigenvalue weighted by Gasteiger charge is -2.24. The van der Waals surface area contributed by atoms with E-state index in [1.54, 1.807) is 24.3 Å². The first-order valence-electron chi connectivity index (χ1n) is 7.87. The van der Waals surface area contributed by atoms with Crippen LogP contribution in [0.15, 0.2) is 59.1 Å². The largest absolute Gasteiger partial charge is 0.348 e. The van der Waals surface area contributed by atoms with E-state index >= 15 is 0 Å². The molecule has 2 rings (SSSR count). The Morgan fingerprint density at radius 3 is 2.44 bits per heavy atom. The summed E-state index contributed by atoms with van der Waals surface area (Å²) in [6.07, 6.45) is 1.14. The van der Waals surface area contributed by atoms with Crippen LogP contribution in [0.4, 0.5) is 0 Å². The molecule has 0 atom stereocenters. The maximum atomic E-state index is 12.3. The summed E-state index contributed by atoms with van der Waals surface area (Å²) in [7, 11) is 0. The number of amides is 1. The van der Waals surface area contributed by atoms with Crippen LogP contribution in [-0.4, -0.2) is 29.0 Å². The number of hydrogen-bond donors (Lipinski definition) is 1. The fourth-order valence-electron chi connectivity index (χ4n) is 2.26. The molecule has 1 N–H and O–H groups in total. The maximum Gasteiger partial charge on any atom is 0.257 e. The van der Waals surface area contributed by atoms with Crippen molar-refractivity contribution in [1.29, 1.82) is 5.26 Å². The van der Waals surface area contributed by atoms with Gasteiger partial charge < -0.3 is 4.90 Å². The van der Waals surface area contributed by atoms with Crippen molar-refractivity contribution in [3.8, 4) is 6.07 Å². The van der Waals surface area contributed by atoms with Crippen LogP contribution >= 0.6 is 28.1 Å². The molecule has 4 nitrogen and oxygen atoms in total. The molecule has 0 fully saturated rings. The minimum absolute atomic E-state index is 0.251. The number of halogens is 1. The van der Waals surface area contributed by atoms with Crippen molar-refractivity contribution in [3.05, 3.63) is 70.2 Å². The summed E-state index contributed by atoms with van der Waals surface area (Å²) < 4.78 is 0.908. The lowest BCUT2D eigenvalue weighted by molar-refractivity contribution is 0.0973. The van der Waals surface area contributed by atoms with Crippen LogP contribution in [0.5, 0.6) is 0 Å². The molecule has 0 aromatic heterocycles. The standard InChI is InChI=1S/C19H18BrN3OS/c20-17-9-7-16(8-10-17)18(24)22-19(25)23(13-4-12-21)14-11-15-5-2-1-3-6-15/h1-3,5-10H,4,11,13-14H2,(H,22,24,25). The van der Waals surface area contributed by atoms with Gasteiger partial charge in [-0.05, 0) is 48.5 Å². The fraction of sp³-hybridized carbons (Fsp3) is 0.211. The van der Waals surface area contributed by atoms with Gasteiger partial charge in [-0.1, -0.05) is 46.3 Å². The van der Waals surface area contributed by atoms with E-state index < -0.39 is 0 Å². The second kappa shape index (κ2) is 9.92. The van der Waals surface area contributed by atoms with Gasteiger partial charge in [-0.25, -0.2) is 0 Å². The number of carbonyl (C=O) groups is 1. The van der Waals surface area contributed by atoms with Gasteiger partial charge in [-0.3, -0.25) is 10.1 Å². The van der Waals surface area contributed by atoms with Gasteiger partial charge in [0.2, 0.25) is 0 Å². The van der Waals surface area contributed by atoms with E-state index in [-0.39, 0.29) is 5.91 Å².